The summed E-state index contributed by atoms with van der Waals surface area (Å²) in [7, 11) is 0. The molecular formula is C10H8BrN3S. The third-order valence-corrected chi connectivity index (χ3v) is 3.09. The van der Waals surface area contributed by atoms with Crippen molar-refractivity contribution in [2.24, 2.45) is 0 Å². The average molecular weight is 282 g/mol. The van der Waals surface area contributed by atoms with Gasteiger partial charge in [-0.25, -0.2) is 4.98 Å². The van der Waals surface area contributed by atoms with Gasteiger partial charge in [0, 0.05) is 25.0 Å². The van der Waals surface area contributed by atoms with Crippen molar-refractivity contribution < 1.29 is 0 Å². The summed E-state index contributed by atoms with van der Waals surface area (Å²) in [6.07, 6.45) is 6.00. The van der Waals surface area contributed by atoms with Gasteiger partial charge in [0.05, 0.1) is 4.47 Å². The van der Waals surface area contributed by atoms with E-state index < -0.39 is 0 Å². The van der Waals surface area contributed by atoms with Crippen LogP contribution in [0, 0.1) is 4.64 Å². The summed E-state index contributed by atoms with van der Waals surface area (Å²) in [6.45, 7) is 0. The minimum absolute atomic E-state index is 0.670. The molecule has 0 radical (unpaired) electrons. The van der Waals surface area contributed by atoms with Gasteiger partial charge in [-0.2, -0.15) is 0 Å². The van der Waals surface area contributed by atoms with E-state index >= 15 is 0 Å². The Bertz CT molecular complexity index is 510. The Labute approximate surface area is 101 Å². The lowest BCUT2D eigenvalue weighted by Crippen LogP contribution is -1.96. The number of pyridine rings is 1. The highest BCUT2D eigenvalue weighted by molar-refractivity contribution is 9.10. The van der Waals surface area contributed by atoms with E-state index in [0.717, 1.165) is 15.9 Å². The number of aromatic nitrogens is 3. The molecule has 2 heterocycles. The number of aromatic amines is 1. The highest BCUT2D eigenvalue weighted by atomic mass is 79.9. The third kappa shape index (κ3) is 2.70. The molecule has 0 atom stereocenters. The molecule has 2 rings (SSSR count). The number of hydrogen-bond donors (Lipinski definition) is 1. The van der Waals surface area contributed by atoms with Crippen LogP contribution in [0.4, 0.5) is 0 Å². The van der Waals surface area contributed by atoms with Gasteiger partial charge in [-0.15, -0.1) is 0 Å². The maximum atomic E-state index is 5.10. The van der Waals surface area contributed by atoms with E-state index in [1.807, 2.05) is 18.3 Å². The Balaban J connectivity index is 2.26. The normalized spacial score (nSPS) is 10.2. The van der Waals surface area contributed by atoms with Gasteiger partial charge in [-0.3, -0.25) is 4.98 Å². The van der Waals surface area contributed by atoms with Gasteiger partial charge < -0.3 is 4.98 Å². The summed E-state index contributed by atoms with van der Waals surface area (Å²) < 4.78 is 1.48. The smallest absolute Gasteiger partial charge is 0.120 e. The lowest BCUT2D eigenvalue weighted by atomic mass is 10.2. The van der Waals surface area contributed by atoms with Crippen molar-refractivity contribution >= 4 is 28.1 Å². The molecule has 0 saturated carbocycles. The fourth-order valence-electron chi connectivity index (χ4n) is 1.20. The van der Waals surface area contributed by atoms with Gasteiger partial charge in [0.15, 0.2) is 0 Å². The Morgan fingerprint density at radius 1 is 1.40 bits per heavy atom. The lowest BCUT2D eigenvalue weighted by Gasteiger charge is -2.00. The van der Waals surface area contributed by atoms with Crippen LogP contribution in [0.3, 0.4) is 0 Å². The van der Waals surface area contributed by atoms with Crippen molar-refractivity contribution in [3.63, 3.8) is 0 Å². The van der Waals surface area contributed by atoms with Gasteiger partial charge in [-0.1, -0.05) is 18.3 Å². The van der Waals surface area contributed by atoms with E-state index in [1.54, 1.807) is 12.4 Å². The van der Waals surface area contributed by atoms with E-state index in [1.165, 1.54) is 0 Å². The molecule has 15 heavy (non-hydrogen) atoms. The highest BCUT2D eigenvalue weighted by Crippen LogP contribution is 2.10. The van der Waals surface area contributed by atoms with Gasteiger partial charge in [0.25, 0.3) is 0 Å². The van der Waals surface area contributed by atoms with Gasteiger partial charge in [-0.05, 0) is 27.6 Å². The number of rotatable bonds is 2. The summed E-state index contributed by atoms with van der Waals surface area (Å²) in [5.74, 6) is 0.844. The standard InChI is InChI=1S/C10H8BrN3S/c11-8-6-13-9(14-10(8)15)4-7-2-1-3-12-5-7/h1-3,5-6H,4H2,(H,13,14,15). The summed E-state index contributed by atoms with van der Waals surface area (Å²) >= 11 is 8.40. The molecule has 0 aromatic carbocycles. The van der Waals surface area contributed by atoms with Crippen LogP contribution in [0.15, 0.2) is 35.2 Å². The third-order valence-electron chi connectivity index (χ3n) is 1.90. The summed E-state index contributed by atoms with van der Waals surface area (Å²) in [4.78, 5) is 11.3. The second kappa shape index (κ2) is 4.63. The summed E-state index contributed by atoms with van der Waals surface area (Å²) in [5, 5.41) is 0. The molecule has 0 bridgehead atoms. The van der Waals surface area contributed by atoms with E-state index in [-0.39, 0.29) is 0 Å². The van der Waals surface area contributed by atoms with Crippen molar-refractivity contribution in [3.8, 4) is 0 Å². The monoisotopic (exact) mass is 281 g/mol. The molecule has 2 aromatic heterocycles. The van der Waals surface area contributed by atoms with E-state index in [2.05, 4.69) is 30.9 Å². The van der Waals surface area contributed by atoms with Gasteiger partial charge in [0.1, 0.15) is 10.5 Å². The second-order valence-corrected chi connectivity index (χ2v) is 4.31. The molecular weight excluding hydrogens is 274 g/mol. The number of H-pyrrole nitrogens is 1. The molecule has 76 valence electrons. The number of hydrogen-bond acceptors (Lipinski definition) is 3. The molecule has 3 nitrogen and oxygen atoms in total. The van der Waals surface area contributed by atoms with Crippen molar-refractivity contribution in [2.75, 3.05) is 0 Å². The van der Waals surface area contributed by atoms with Crippen LogP contribution in [0.2, 0.25) is 0 Å². The summed E-state index contributed by atoms with van der Waals surface area (Å²) in [6, 6.07) is 3.91. The first-order chi connectivity index (χ1) is 7.25. The highest BCUT2D eigenvalue weighted by Gasteiger charge is 1.99. The van der Waals surface area contributed by atoms with E-state index in [4.69, 9.17) is 12.2 Å². The van der Waals surface area contributed by atoms with Crippen molar-refractivity contribution in [2.45, 2.75) is 6.42 Å². The van der Waals surface area contributed by atoms with Crippen molar-refractivity contribution in [1.82, 2.24) is 15.0 Å². The minimum Gasteiger partial charge on any atom is -0.334 e. The van der Waals surface area contributed by atoms with Crippen molar-refractivity contribution in [1.29, 1.82) is 0 Å². The maximum Gasteiger partial charge on any atom is 0.120 e. The van der Waals surface area contributed by atoms with Crippen LogP contribution in [0.1, 0.15) is 11.4 Å². The molecule has 2 aromatic rings. The molecule has 1 N–H and O–H groups in total. The zero-order valence-electron chi connectivity index (χ0n) is 7.77. The molecule has 0 fully saturated rings. The van der Waals surface area contributed by atoms with Crippen LogP contribution in [0.5, 0.6) is 0 Å². The topological polar surface area (TPSA) is 41.6 Å². The van der Waals surface area contributed by atoms with Crippen LogP contribution in [-0.2, 0) is 6.42 Å². The first kappa shape index (κ1) is 10.4. The second-order valence-electron chi connectivity index (χ2n) is 3.05. The maximum absolute atomic E-state index is 5.10. The van der Waals surface area contributed by atoms with E-state index in [9.17, 15) is 0 Å². The molecule has 0 aliphatic rings. The van der Waals surface area contributed by atoms with E-state index in [0.29, 0.717) is 11.1 Å². The van der Waals surface area contributed by atoms with Crippen LogP contribution >= 0.6 is 28.1 Å². The molecule has 0 aliphatic carbocycles. The lowest BCUT2D eigenvalue weighted by molar-refractivity contribution is 0.947. The first-order valence-electron chi connectivity index (χ1n) is 4.38. The molecule has 0 spiro atoms. The Morgan fingerprint density at radius 3 is 2.93 bits per heavy atom. The van der Waals surface area contributed by atoms with Crippen LogP contribution in [-0.4, -0.2) is 15.0 Å². The number of halogens is 1. The first-order valence-corrected chi connectivity index (χ1v) is 5.58. The Kier molecular flexibility index (Phi) is 3.23. The minimum atomic E-state index is 0.670. The van der Waals surface area contributed by atoms with Crippen LogP contribution in [0.25, 0.3) is 0 Å². The molecule has 0 aliphatic heterocycles. The fourth-order valence-corrected chi connectivity index (χ4v) is 1.57. The zero-order chi connectivity index (χ0) is 10.7. The predicted octanol–water partition coefficient (Wildman–Crippen LogP) is 2.89. The molecule has 0 unspecified atom stereocenters. The Hall–Kier alpha value is -1.07. The van der Waals surface area contributed by atoms with Gasteiger partial charge >= 0.3 is 0 Å². The SMILES string of the molecule is S=c1[nH]c(Cc2cccnc2)ncc1Br. The molecule has 5 heteroatoms. The quantitative estimate of drug-likeness (QED) is 0.861. The number of nitrogens with zero attached hydrogens (tertiary/aromatic N) is 2. The average Bonchev–Trinajstić information content (AvgIpc) is 2.25. The molecule has 0 amide bonds. The largest absolute Gasteiger partial charge is 0.334 e. The predicted molar refractivity (Wildman–Crippen MR) is 64.2 cm³/mol. The van der Waals surface area contributed by atoms with Gasteiger partial charge in [0.2, 0.25) is 0 Å². The fraction of sp³-hybridized carbons (Fsp3) is 0.100. The van der Waals surface area contributed by atoms with Crippen LogP contribution < -0.4 is 0 Å². The Morgan fingerprint density at radius 2 is 2.27 bits per heavy atom. The van der Waals surface area contributed by atoms with Crippen molar-refractivity contribution in [3.05, 3.63) is 51.2 Å². The summed E-state index contributed by atoms with van der Waals surface area (Å²) in [5.41, 5.74) is 1.11. The number of nitrogens with one attached hydrogen (secondary N) is 1. The zero-order valence-corrected chi connectivity index (χ0v) is 10.2. The molecule has 0 saturated heterocycles.